The highest BCUT2D eigenvalue weighted by atomic mass is 16.5. The maximum absolute atomic E-state index is 13.2. The van der Waals surface area contributed by atoms with E-state index in [2.05, 4.69) is 0 Å². The summed E-state index contributed by atoms with van der Waals surface area (Å²) in [7, 11) is 0. The molecule has 1 heterocycles. The van der Waals surface area contributed by atoms with Gasteiger partial charge in [0, 0.05) is 5.56 Å². The minimum Gasteiger partial charge on any atom is -0.492 e. The second-order valence-electron chi connectivity index (χ2n) is 7.38. The van der Waals surface area contributed by atoms with Gasteiger partial charge in [0.25, 0.3) is 5.91 Å². The standard InChI is InChI=1S/C26H23NO4/c28-21(16-15-20-9-3-1-4-10-20)19-26(30)23-13-7-8-14-24(23)27(25(26)29)17-18-31-22-11-5-2-6-12-22/h1-16,30H,17-19H2/b16-15+. The molecule has 0 spiro atoms. The summed E-state index contributed by atoms with van der Waals surface area (Å²) < 4.78 is 5.71. The first kappa shape index (κ1) is 20.6. The third-order valence-corrected chi connectivity index (χ3v) is 5.26. The number of aliphatic hydroxyl groups is 1. The number of anilines is 1. The monoisotopic (exact) mass is 413 g/mol. The molecule has 0 aliphatic carbocycles. The van der Waals surface area contributed by atoms with E-state index in [0.717, 1.165) is 5.56 Å². The molecule has 0 aromatic heterocycles. The number of benzene rings is 3. The van der Waals surface area contributed by atoms with Crippen LogP contribution in [0.2, 0.25) is 0 Å². The predicted molar refractivity (Wildman–Crippen MR) is 120 cm³/mol. The van der Waals surface area contributed by atoms with E-state index in [-0.39, 0.29) is 25.4 Å². The third-order valence-electron chi connectivity index (χ3n) is 5.26. The molecule has 0 saturated heterocycles. The number of carbonyl (C=O) groups is 2. The van der Waals surface area contributed by atoms with Crippen molar-refractivity contribution in [2.75, 3.05) is 18.1 Å². The van der Waals surface area contributed by atoms with E-state index in [1.165, 1.54) is 11.0 Å². The molecular weight excluding hydrogens is 390 g/mol. The lowest BCUT2D eigenvalue weighted by Crippen LogP contribution is -2.43. The zero-order valence-electron chi connectivity index (χ0n) is 17.0. The minimum absolute atomic E-state index is 0.265. The molecule has 3 aromatic carbocycles. The Hall–Kier alpha value is -3.70. The molecule has 5 heteroatoms. The highest BCUT2D eigenvalue weighted by Crippen LogP contribution is 2.42. The number of fused-ring (bicyclic) bond motifs is 1. The molecule has 3 aromatic rings. The van der Waals surface area contributed by atoms with Crippen LogP contribution in [0.3, 0.4) is 0 Å². The van der Waals surface area contributed by atoms with Gasteiger partial charge in [0.05, 0.1) is 18.7 Å². The van der Waals surface area contributed by atoms with E-state index in [9.17, 15) is 14.7 Å². The zero-order chi connectivity index (χ0) is 21.7. The van der Waals surface area contributed by atoms with Gasteiger partial charge in [-0.25, -0.2) is 0 Å². The van der Waals surface area contributed by atoms with E-state index in [0.29, 0.717) is 17.0 Å². The molecule has 0 fully saturated rings. The van der Waals surface area contributed by atoms with E-state index < -0.39 is 11.5 Å². The number of hydrogen-bond acceptors (Lipinski definition) is 4. The first-order valence-corrected chi connectivity index (χ1v) is 10.2. The van der Waals surface area contributed by atoms with Crippen molar-refractivity contribution in [2.24, 2.45) is 0 Å². The predicted octanol–water partition coefficient (Wildman–Crippen LogP) is 3.97. The molecule has 0 bridgehead atoms. The van der Waals surface area contributed by atoms with Gasteiger partial charge in [-0.3, -0.25) is 9.59 Å². The van der Waals surface area contributed by atoms with Gasteiger partial charge in [0.2, 0.25) is 0 Å². The molecule has 4 rings (SSSR count). The van der Waals surface area contributed by atoms with E-state index in [1.807, 2.05) is 60.7 Å². The maximum atomic E-state index is 13.2. The Bertz CT molecular complexity index is 1090. The molecule has 1 amide bonds. The number of para-hydroxylation sites is 2. The largest absolute Gasteiger partial charge is 0.492 e. The molecule has 1 unspecified atom stereocenters. The molecule has 1 aliphatic rings. The average Bonchev–Trinajstić information content (AvgIpc) is 3.01. The van der Waals surface area contributed by atoms with Crippen LogP contribution in [-0.4, -0.2) is 29.9 Å². The Morgan fingerprint density at radius 3 is 2.32 bits per heavy atom. The topological polar surface area (TPSA) is 66.8 Å². The van der Waals surface area contributed by atoms with Crippen LogP contribution in [0.1, 0.15) is 17.5 Å². The lowest BCUT2D eigenvalue weighted by Gasteiger charge is -2.22. The second kappa shape index (κ2) is 8.98. The van der Waals surface area contributed by atoms with Gasteiger partial charge in [0.15, 0.2) is 11.4 Å². The van der Waals surface area contributed by atoms with E-state index in [1.54, 1.807) is 30.3 Å². The summed E-state index contributed by atoms with van der Waals surface area (Å²) in [6.45, 7) is 0.531. The van der Waals surface area contributed by atoms with Crippen LogP contribution >= 0.6 is 0 Å². The Labute approximate surface area is 181 Å². The van der Waals surface area contributed by atoms with E-state index in [4.69, 9.17) is 4.74 Å². The quantitative estimate of drug-likeness (QED) is 0.568. The van der Waals surface area contributed by atoms with Crippen LogP contribution < -0.4 is 9.64 Å². The molecule has 5 nitrogen and oxygen atoms in total. The van der Waals surface area contributed by atoms with Gasteiger partial charge < -0.3 is 14.7 Å². The van der Waals surface area contributed by atoms with Crippen molar-refractivity contribution in [1.29, 1.82) is 0 Å². The van der Waals surface area contributed by atoms with Gasteiger partial charge in [-0.1, -0.05) is 72.8 Å². The molecule has 0 radical (unpaired) electrons. The van der Waals surface area contributed by atoms with Crippen molar-refractivity contribution >= 4 is 23.5 Å². The summed E-state index contributed by atoms with van der Waals surface area (Å²) >= 11 is 0. The smallest absolute Gasteiger partial charge is 0.264 e. The van der Waals surface area contributed by atoms with Crippen LogP contribution in [-0.2, 0) is 15.2 Å². The lowest BCUT2D eigenvalue weighted by atomic mass is 9.90. The summed E-state index contributed by atoms with van der Waals surface area (Å²) in [5, 5.41) is 11.3. The van der Waals surface area contributed by atoms with Crippen molar-refractivity contribution in [2.45, 2.75) is 12.0 Å². The number of nitrogens with zero attached hydrogens (tertiary/aromatic N) is 1. The summed E-state index contributed by atoms with van der Waals surface area (Å²) in [4.78, 5) is 27.3. The summed E-state index contributed by atoms with van der Waals surface area (Å²) in [5.41, 5.74) is 0.0369. The van der Waals surface area contributed by atoms with Crippen molar-refractivity contribution in [3.63, 3.8) is 0 Å². The Morgan fingerprint density at radius 2 is 1.58 bits per heavy atom. The van der Waals surface area contributed by atoms with Crippen molar-refractivity contribution in [1.82, 2.24) is 0 Å². The number of ketones is 1. The van der Waals surface area contributed by atoms with Crippen molar-refractivity contribution in [3.05, 3.63) is 102 Å². The normalized spacial score (nSPS) is 17.7. The average molecular weight is 413 g/mol. The van der Waals surface area contributed by atoms with Gasteiger partial charge in [-0.2, -0.15) is 0 Å². The van der Waals surface area contributed by atoms with E-state index >= 15 is 0 Å². The fraction of sp³-hybridized carbons (Fsp3) is 0.154. The fourth-order valence-corrected chi connectivity index (χ4v) is 3.74. The molecule has 1 aliphatic heterocycles. The zero-order valence-corrected chi connectivity index (χ0v) is 17.0. The maximum Gasteiger partial charge on any atom is 0.264 e. The number of amides is 1. The van der Waals surface area contributed by atoms with Gasteiger partial charge >= 0.3 is 0 Å². The number of ether oxygens (including phenoxy) is 1. The number of carbonyl (C=O) groups excluding carboxylic acids is 2. The van der Waals surface area contributed by atoms with Crippen LogP contribution in [0.4, 0.5) is 5.69 Å². The molecule has 31 heavy (non-hydrogen) atoms. The van der Waals surface area contributed by atoms with Crippen molar-refractivity contribution < 1.29 is 19.4 Å². The highest BCUT2D eigenvalue weighted by molar-refractivity contribution is 6.10. The van der Waals surface area contributed by atoms with Gasteiger partial charge in [0.1, 0.15) is 12.4 Å². The van der Waals surface area contributed by atoms with Crippen LogP contribution in [0.15, 0.2) is 91.0 Å². The first-order valence-electron chi connectivity index (χ1n) is 10.2. The van der Waals surface area contributed by atoms with Gasteiger partial charge in [-0.05, 0) is 29.8 Å². The molecule has 1 N–H and O–H groups in total. The van der Waals surface area contributed by atoms with Gasteiger partial charge in [-0.15, -0.1) is 0 Å². The minimum atomic E-state index is -1.89. The summed E-state index contributed by atoms with van der Waals surface area (Å²) in [6.07, 6.45) is 2.77. The van der Waals surface area contributed by atoms with Crippen LogP contribution in [0, 0.1) is 0 Å². The Balaban J connectivity index is 1.49. The van der Waals surface area contributed by atoms with Crippen LogP contribution in [0.25, 0.3) is 6.08 Å². The Morgan fingerprint density at radius 1 is 0.935 bits per heavy atom. The fourth-order valence-electron chi connectivity index (χ4n) is 3.74. The van der Waals surface area contributed by atoms with Crippen molar-refractivity contribution in [3.8, 4) is 5.75 Å². The number of rotatable bonds is 8. The second-order valence-corrected chi connectivity index (χ2v) is 7.38. The molecule has 0 saturated carbocycles. The number of allylic oxidation sites excluding steroid dienone is 1. The molecular formula is C26H23NO4. The first-order chi connectivity index (χ1) is 15.1. The van der Waals surface area contributed by atoms with Crippen LogP contribution in [0.5, 0.6) is 5.75 Å². The summed E-state index contributed by atoms with van der Waals surface area (Å²) in [6, 6.07) is 25.8. The lowest BCUT2D eigenvalue weighted by molar-refractivity contribution is -0.140. The number of hydrogen-bond donors (Lipinski definition) is 1. The third kappa shape index (κ3) is 4.42. The Kier molecular flexibility index (Phi) is 5.96. The molecule has 1 atom stereocenters. The highest BCUT2D eigenvalue weighted by Gasteiger charge is 2.50. The SMILES string of the molecule is O=C(/C=C/c1ccccc1)CC1(O)C(=O)N(CCOc2ccccc2)c2ccccc21. The molecule has 156 valence electrons. The summed E-state index contributed by atoms with van der Waals surface area (Å²) in [5.74, 6) is -0.123.